The van der Waals surface area contributed by atoms with Crippen LogP contribution in [0.5, 0.6) is 11.8 Å². The Morgan fingerprint density at radius 1 is 0.930 bits per heavy atom. The van der Waals surface area contributed by atoms with Crippen molar-refractivity contribution in [2.45, 2.75) is 76.4 Å². The van der Waals surface area contributed by atoms with Crippen LogP contribution >= 0.6 is 23.2 Å². The van der Waals surface area contributed by atoms with Gasteiger partial charge < -0.3 is 50.0 Å². The summed E-state index contributed by atoms with van der Waals surface area (Å²) in [4.78, 5) is 30.8. The fraction of sp³-hybridized carbons (Fsp3) is 0.415. The molecule has 14 nitrogen and oxygen atoms in total. The van der Waals surface area contributed by atoms with Crippen molar-refractivity contribution in [2.24, 2.45) is 4.99 Å². The number of fused-ring (bicyclic) bond motifs is 2. The second kappa shape index (κ2) is 20.1. The van der Waals surface area contributed by atoms with Gasteiger partial charge in [0, 0.05) is 37.3 Å². The molecule has 0 unspecified atom stereocenters. The van der Waals surface area contributed by atoms with Crippen LogP contribution < -0.4 is 20.1 Å². The lowest BCUT2D eigenvalue weighted by molar-refractivity contribution is -0.140. The Labute approximate surface area is 341 Å². The summed E-state index contributed by atoms with van der Waals surface area (Å²) in [6.07, 6.45) is -0.511. The highest BCUT2D eigenvalue weighted by Gasteiger charge is 2.32. The van der Waals surface area contributed by atoms with Gasteiger partial charge in [0.25, 0.3) is 0 Å². The van der Waals surface area contributed by atoms with Crippen molar-refractivity contribution < 1.29 is 49.0 Å². The first kappa shape index (κ1) is 43.4. The maximum atomic E-state index is 10.9. The lowest BCUT2D eigenvalue weighted by Gasteiger charge is -2.19. The van der Waals surface area contributed by atoms with Crippen LogP contribution in [0.4, 0.5) is 0 Å². The Morgan fingerprint density at radius 2 is 1.51 bits per heavy atom. The quantitative estimate of drug-likeness (QED) is 0.0450. The second-order valence-electron chi connectivity index (χ2n) is 13.8. The molecule has 5 rings (SSSR count). The van der Waals surface area contributed by atoms with Gasteiger partial charge in [-0.25, -0.2) is 0 Å². The number of carboxylic acids is 2. The number of hydrogen-bond acceptors (Lipinski definition) is 12. The number of aliphatic hydroxyl groups excluding tert-OH is 2. The minimum Gasteiger partial charge on any atom is -0.481 e. The first-order chi connectivity index (χ1) is 27.3. The molecule has 2 aliphatic carbocycles. The summed E-state index contributed by atoms with van der Waals surface area (Å²) < 4.78 is 23.9. The number of aliphatic hydroxyl groups is 2. The number of nitrogens with one attached hydrogen (secondary N) is 2. The summed E-state index contributed by atoms with van der Waals surface area (Å²) in [5.41, 5.74) is 7.74. The number of carbonyl (C=O) groups is 2. The predicted molar refractivity (Wildman–Crippen MR) is 215 cm³/mol. The number of ether oxygens (including phenoxy) is 4. The van der Waals surface area contributed by atoms with Crippen molar-refractivity contribution in [3.05, 3.63) is 98.4 Å². The van der Waals surface area contributed by atoms with Crippen molar-refractivity contribution in [1.82, 2.24) is 15.6 Å². The number of halogens is 2. The van der Waals surface area contributed by atoms with Gasteiger partial charge in [0.05, 0.1) is 44.3 Å². The summed E-state index contributed by atoms with van der Waals surface area (Å²) in [6, 6.07) is 14.1. The molecule has 0 spiro atoms. The van der Waals surface area contributed by atoms with Crippen molar-refractivity contribution >= 4 is 41.0 Å². The summed E-state index contributed by atoms with van der Waals surface area (Å²) in [5, 5.41) is 44.1. The molecular weight excluding hydrogens is 779 g/mol. The zero-order valence-corrected chi connectivity index (χ0v) is 33.5. The minimum absolute atomic E-state index is 0.0523. The number of allylic oxidation sites excluding steroid dienone is 1. The molecule has 0 amide bonds. The molecule has 306 valence electrons. The highest BCUT2D eigenvalue weighted by molar-refractivity contribution is 6.32. The van der Waals surface area contributed by atoms with Gasteiger partial charge in [0.15, 0.2) is 0 Å². The van der Waals surface area contributed by atoms with Gasteiger partial charge in [0.1, 0.15) is 17.2 Å². The molecule has 1 heterocycles. The fourth-order valence-electron chi connectivity index (χ4n) is 7.06. The number of aromatic nitrogens is 1. The third kappa shape index (κ3) is 11.2. The highest BCUT2D eigenvalue weighted by atomic mass is 35.5. The largest absolute Gasteiger partial charge is 0.481 e. The highest BCUT2D eigenvalue weighted by Crippen LogP contribution is 2.46. The standard InChI is InChI=1S/C41H48Cl2N4O10/c1-22(18-44-20-25(48)16-36(50)51)38(54-3)46-39(23(2)42)56-34-13-11-29-27(7-5-9-31(29)34)28-8-6-10-32-30(28)12-14-35(32)57-41-33(43)15-24(40(47-41)55-4)19-45-21-26(49)17-37(52)53/h5-10,15,25-26,34-35,44-45,48-49H,1,11-14,16-21H2,2-4H3,(H,50,51)(H,52,53)/b39-23-,46-38?/t25-,26-,34-,35-/m0/s1. The lowest BCUT2D eigenvalue weighted by Crippen LogP contribution is -2.31. The van der Waals surface area contributed by atoms with Crippen LogP contribution in [0.3, 0.4) is 0 Å². The van der Waals surface area contributed by atoms with Gasteiger partial charge in [-0.2, -0.15) is 9.98 Å². The van der Waals surface area contributed by atoms with E-state index in [1.54, 1.807) is 13.0 Å². The smallest absolute Gasteiger partial charge is 0.306 e. The van der Waals surface area contributed by atoms with Gasteiger partial charge in [-0.3, -0.25) is 9.59 Å². The van der Waals surface area contributed by atoms with Crippen LogP contribution in [0.25, 0.3) is 11.1 Å². The Bertz CT molecular complexity index is 2020. The molecule has 2 aromatic carbocycles. The van der Waals surface area contributed by atoms with E-state index in [2.05, 4.69) is 51.5 Å². The first-order valence-corrected chi connectivity index (χ1v) is 19.2. The molecule has 6 N–H and O–H groups in total. The molecule has 3 aromatic rings. The number of benzene rings is 2. The summed E-state index contributed by atoms with van der Waals surface area (Å²) in [6.45, 7) is 6.26. The third-order valence-electron chi connectivity index (χ3n) is 9.63. The van der Waals surface area contributed by atoms with E-state index in [0.717, 1.165) is 35.1 Å². The SMILES string of the molecule is C=C(CNC[C@@H](O)CC(=O)O)C(=N/C(O[C@H]1CCc2c(-c3cccc4c3CC[C@@H]4Oc3nc(OC)c(CNC[C@@H](O)CC(=O)O)cc3Cl)cccc21)=C(\C)Cl)OC. The van der Waals surface area contributed by atoms with Gasteiger partial charge >= 0.3 is 11.9 Å². The fourth-order valence-corrected chi connectivity index (χ4v) is 7.37. The van der Waals surface area contributed by atoms with E-state index < -0.39 is 24.1 Å². The molecule has 4 atom stereocenters. The molecule has 0 radical (unpaired) electrons. The number of methoxy groups -OCH3 is 2. The topological polar surface area (TPSA) is 201 Å². The summed E-state index contributed by atoms with van der Waals surface area (Å²) in [7, 11) is 2.95. The normalized spacial score (nSPS) is 17.6. The second-order valence-corrected chi connectivity index (χ2v) is 14.8. The maximum absolute atomic E-state index is 10.9. The predicted octanol–water partition coefficient (Wildman–Crippen LogP) is 5.86. The van der Waals surface area contributed by atoms with E-state index in [1.807, 2.05) is 12.1 Å². The van der Waals surface area contributed by atoms with Crippen LogP contribution in [-0.2, 0) is 38.4 Å². The first-order valence-electron chi connectivity index (χ1n) is 18.5. The zero-order valence-electron chi connectivity index (χ0n) is 32.0. The molecule has 0 fully saturated rings. The van der Waals surface area contributed by atoms with Crippen molar-refractivity contribution in [1.29, 1.82) is 0 Å². The molecule has 57 heavy (non-hydrogen) atoms. The molecule has 0 bridgehead atoms. The van der Waals surface area contributed by atoms with Crippen molar-refractivity contribution in [3.63, 3.8) is 0 Å². The summed E-state index contributed by atoms with van der Waals surface area (Å²) >= 11 is 13.2. The third-order valence-corrected chi connectivity index (χ3v) is 10.1. The van der Waals surface area contributed by atoms with Gasteiger partial charge in [-0.1, -0.05) is 66.2 Å². The minimum atomic E-state index is -1.09. The number of aliphatic imine (C=N–C) groups is 1. The molecule has 0 aliphatic heterocycles. The molecule has 0 saturated carbocycles. The number of pyridine rings is 1. The lowest BCUT2D eigenvalue weighted by atomic mass is 9.91. The monoisotopic (exact) mass is 826 g/mol. The van der Waals surface area contributed by atoms with E-state index in [-0.39, 0.29) is 68.9 Å². The molecule has 16 heteroatoms. The number of rotatable bonds is 20. The van der Waals surface area contributed by atoms with Crippen molar-refractivity contribution in [3.8, 4) is 22.9 Å². The van der Waals surface area contributed by atoms with Gasteiger partial charge in [0.2, 0.25) is 23.5 Å². The maximum Gasteiger partial charge on any atom is 0.306 e. The molecule has 2 aliphatic rings. The number of aliphatic carboxylic acids is 2. The van der Waals surface area contributed by atoms with E-state index in [4.69, 9.17) is 52.4 Å². The van der Waals surface area contributed by atoms with Gasteiger partial charge in [-0.05, 0) is 72.1 Å². The number of carboxylic acid groups (broad SMARTS) is 2. The van der Waals surface area contributed by atoms with Crippen LogP contribution in [0.1, 0.15) is 72.6 Å². The van der Waals surface area contributed by atoms with E-state index >= 15 is 0 Å². The van der Waals surface area contributed by atoms with Gasteiger partial charge in [-0.15, -0.1) is 0 Å². The Balaban J connectivity index is 1.30. The Kier molecular flexibility index (Phi) is 15.3. The number of nitrogens with zero attached hydrogens (tertiary/aromatic N) is 2. The van der Waals surface area contributed by atoms with Crippen LogP contribution in [0, 0.1) is 0 Å². The average molecular weight is 828 g/mol. The van der Waals surface area contributed by atoms with E-state index in [1.165, 1.54) is 25.3 Å². The molecular formula is C41H48Cl2N4O10. The Hall–Kier alpha value is -4.70. The van der Waals surface area contributed by atoms with Crippen LogP contribution in [-0.4, -0.2) is 89.3 Å². The van der Waals surface area contributed by atoms with Crippen LogP contribution in [0.2, 0.25) is 5.02 Å². The molecule has 0 saturated heterocycles. The van der Waals surface area contributed by atoms with E-state index in [0.29, 0.717) is 39.9 Å². The number of hydrogen-bond donors (Lipinski definition) is 6. The molecule has 1 aromatic heterocycles. The Morgan fingerprint density at radius 3 is 2.07 bits per heavy atom. The van der Waals surface area contributed by atoms with E-state index in [9.17, 15) is 19.8 Å². The summed E-state index contributed by atoms with van der Waals surface area (Å²) in [5.74, 6) is -1.27. The van der Waals surface area contributed by atoms with Crippen LogP contribution in [0.15, 0.2) is 70.5 Å². The van der Waals surface area contributed by atoms with Crippen molar-refractivity contribution in [2.75, 3.05) is 33.9 Å². The zero-order chi connectivity index (χ0) is 41.2. The average Bonchev–Trinajstić information content (AvgIpc) is 3.77.